The van der Waals surface area contributed by atoms with Gasteiger partial charge in [-0.3, -0.25) is 9.59 Å². The van der Waals surface area contributed by atoms with Crippen LogP contribution in [0.3, 0.4) is 0 Å². The zero-order chi connectivity index (χ0) is 15.5. The van der Waals surface area contributed by atoms with Gasteiger partial charge in [-0.1, -0.05) is 13.8 Å². The highest BCUT2D eigenvalue weighted by atomic mass is 19.1. The molecule has 7 heteroatoms. The number of nitrogens with one attached hydrogen (secondary N) is 2. The summed E-state index contributed by atoms with van der Waals surface area (Å²) in [5, 5.41) is 21.7. The van der Waals surface area contributed by atoms with Gasteiger partial charge in [0.05, 0.1) is 25.0 Å². The van der Waals surface area contributed by atoms with Crippen LogP contribution in [0, 0.1) is 22.7 Å². The molecule has 0 rings (SSSR count). The zero-order valence-electron chi connectivity index (χ0n) is 11.6. The highest BCUT2D eigenvalue weighted by Gasteiger charge is 2.28. The normalized spacial score (nSPS) is 12.9. The number of amides is 2. The molecule has 6 nitrogen and oxygen atoms in total. The van der Waals surface area contributed by atoms with Crippen molar-refractivity contribution in [2.45, 2.75) is 57.8 Å². The molecular weight excluding hydrogens is 263 g/mol. The van der Waals surface area contributed by atoms with Gasteiger partial charge < -0.3 is 10.6 Å². The van der Waals surface area contributed by atoms with Gasteiger partial charge in [0.2, 0.25) is 0 Å². The van der Waals surface area contributed by atoms with Crippen LogP contribution >= 0.6 is 0 Å². The maximum Gasteiger partial charge on any atom is 0.264 e. The van der Waals surface area contributed by atoms with Gasteiger partial charge in [0, 0.05) is 12.1 Å². The van der Waals surface area contributed by atoms with E-state index in [1.54, 1.807) is 13.8 Å². The summed E-state index contributed by atoms with van der Waals surface area (Å²) in [6, 6.07) is 2.81. The number of nitrogens with zero attached hydrogens (tertiary/aromatic N) is 2. The van der Waals surface area contributed by atoms with Crippen molar-refractivity contribution >= 4 is 11.8 Å². The molecule has 0 saturated heterocycles. The molecule has 0 fully saturated rings. The lowest BCUT2D eigenvalue weighted by Gasteiger charge is -2.18. The topological polar surface area (TPSA) is 106 Å². The molecule has 0 saturated carbocycles. The quantitative estimate of drug-likeness (QED) is 0.646. The van der Waals surface area contributed by atoms with Crippen molar-refractivity contribution in [3.63, 3.8) is 0 Å². The molecule has 2 amide bonds. The molecule has 0 aliphatic carbocycles. The molecule has 110 valence electrons. The average molecular weight is 282 g/mol. The van der Waals surface area contributed by atoms with Crippen LogP contribution in [0.25, 0.3) is 0 Å². The lowest BCUT2D eigenvalue weighted by atomic mass is 10.1. The van der Waals surface area contributed by atoms with Gasteiger partial charge in [0.1, 0.15) is 0 Å². The summed E-state index contributed by atoms with van der Waals surface area (Å²) < 4.78 is 13.7. The first-order valence-corrected chi connectivity index (χ1v) is 6.48. The number of rotatable bonds is 8. The lowest BCUT2D eigenvalue weighted by molar-refractivity contribution is -0.137. The van der Waals surface area contributed by atoms with Crippen LogP contribution in [0.4, 0.5) is 4.39 Å². The first-order valence-electron chi connectivity index (χ1n) is 6.48. The number of halogens is 1. The maximum atomic E-state index is 13.7. The van der Waals surface area contributed by atoms with Crippen molar-refractivity contribution in [1.82, 2.24) is 10.6 Å². The Kier molecular flexibility index (Phi) is 8.69. The van der Waals surface area contributed by atoms with E-state index in [4.69, 9.17) is 10.5 Å². The Bertz CT molecular complexity index is 376. The van der Waals surface area contributed by atoms with Gasteiger partial charge in [-0.15, -0.1) is 0 Å². The molecular formula is C13H19FN4O2. The summed E-state index contributed by atoms with van der Waals surface area (Å²) >= 11 is 0. The summed E-state index contributed by atoms with van der Waals surface area (Å²) in [6.07, 6.45) is -1.28. The standard InChI is InChI=1S/C13H19FN4O2/c1-3-9(5-7-15)17-12(19)11(14)13(20)18-10(4-2)6-8-16/h9-11H,3-6H2,1-2H3,(H,17,19)(H,18,20)/t9-,10-/m0/s1. The third kappa shape index (κ3) is 6.14. The van der Waals surface area contributed by atoms with Crippen molar-refractivity contribution in [3.8, 4) is 12.1 Å². The Morgan fingerprint density at radius 1 is 1.00 bits per heavy atom. The van der Waals surface area contributed by atoms with Gasteiger partial charge in [-0.2, -0.15) is 10.5 Å². The first-order chi connectivity index (χ1) is 9.49. The van der Waals surface area contributed by atoms with E-state index in [0.29, 0.717) is 12.8 Å². The van der Waals surface area contributed by atoms with Crippen molar-refractivity contribution in [2.75, 3.05) is 0 Å². The van der Waals surface area contributed by atoms with Crippen molar-refractivity contribution in [1.29, 1.82) is 10.5 Å². The molecule has 20 heavy (non-hydrogen) atoms. The van der Waals surface area contributed by atoms with Gasteiger partial charge in [-0.05, 0) is 12.8 Å². The van der Waals surface area contributed by atoms with Crippen molar-refractivity contribution in [2.24, 2.45) is 0 Å². The fourth-order valence-electron chi connectivity index (χ4n) is 1.48. The largest absolute Gasteiger partial charge is 0.349 e. The molecule has 0 aromatic heterocycles. The molecule has 0 heterocycles. The highest BCUT2D eigenvalue weighted by Crippen LogP contribution is 2.02. The SMILES string of the molecule is CC[C@@H](CC#N)NC(=O)C(F)C(=O)N[C@@H](CC)CC#N. The van der Waals surface area contributed by atoms with Gasteiger partial charge in [0.15, 0.2) is 0 Å². The Balaban J connectivity index is 4.46. The van der Waals surface area contributed by atoms with Crippen LogP contribution in [-0.2, 0) is 9.59 Å². The monoisotopic (exact) mass is 282 g/mol. The van der Waals surface area contributed by atoms with Crippen LogP contribution in [0.1, 0.15) is 39.5 Å². The lowest BCUT2D eigenvalue weighted by Crippen LogP contribution is -2.48. The minimum atomic E-state index is -2.34. The summed E-state index contributed by atoms with van der Waals surface area (Å²) in [5.74, 6) is -2.12. The predicted molar refractivity (Wildman–Crippen MR) is 69.8 cm³/mol. The molecule has 2 atom stereocenters. The van der Waals surface area contributed by atoms with E-state index in [2.05, 4.69) is 10.6 Å². The molecule has 2 N–H and O–H groups in total. The van der Waals surface area contributed by atoms with Crippen LogP contribution in [0.2, 0.25) is 0 Å². The third-order valence-corrected chi connectivity index (χ3v) is 2.81. The molecule has 0 spiro atoms. The molecule has 0 aromatic carbocycles. The molecule has 0 aromatic rings. The number of nitriles is 2. The van der Waals surface area contributed by atoms with Crippen LogP contribution in [0.5, 0.6) is 0 Å². The number of alkyl halides is 1. The third-order valence-electron chi connectivity index (χ3n) is 2.81. The molecule has 0 unspecified atom stereocenters. The minimum absolute atomic E-state index is 0.0581. The molecule has 0 bridgehead atoms. The summed E-state index contributed by atoms with van der Waals surface area (Å²) in [6.45, 7) is 3.49. The van der Waals surface area contributed by atoms with E-state index in [1.807, 2.05) is 12.1 Å². The first kappa shape index (κ1) is 17.8. The molecule has 0 aliphatic rings. The van der Waals surface area contributed by atoms with E-state index >= 15 is 0 Å². The Morgan fingerprint density at radius 3 is 1.60 bits per heavy atom. The molecule has 0 aliphatic heterocycles. The fraction of sp³-hybridized carbons (Fsp3) is 0.692. The van der Waals surface area contributed by atoms with E-state index in [0.717, 1.165) is 0 Å². The average Bonchev–Trinajstić information content (AvgIpc) is 2.44. The smallest absolute Gasteiger partial charge is 0.264 e. The van der Waals surface area contributed by atoms with E-state index in [-0.39, 0.29) is 12.8 Å². The van der Waals surface area contributed by atoms with Crippen molar-refractivity contribution < 1.29 is 14.0 Å². The second kappa shape index (κ2) is 9.74. The van der Waals surface area contributed by atoms with Crippen LogP contribution in [-0.4, -0.2) is 30.1 Å². The van der Waals surface area contributed by atoms with Gasteiger partial charge >= 0.3 is 0 Å². The summed E-state index contributed by atoms with van der Waals surface area (Å²) in [5.41, 5.74) is 0. The van der Waals surface area contributed by atoms with Gasteiger partial charge in [0.25, 0.3) is 18.0 Å². The van der Waals surface area contributed by atoms with Crippen LogP contribution in [0.15, 0.2) is 0 Å². The summed E-state index contributed by atoms with van der Waals surface area (Å²) in [7, 11) is 0. The highest BCUT2D eigenvalue weighted by molar-refractivity contribution is 6.03. The Labute approximate surface area is 117 Å². The number of carbonyl (C=O) groups is 2. The second-order valence-electron chi connectivity index (χ2n) is 4.31. The summed E-state index contributed by atoms with van der Waals surface area (Å²) in [4.78, 5) is 23.1. The second-order valence-corrected chi connectivity index (χ2v) is 4.31. The van der Waals surface area contributed by atoms with Crippen molar-refractivity contribution in [3.05, 3.63) is 0 Å². The number of hydrogen-bond acceptors (Lipinski definition) is 4. The number of carbonyl (C=O) groups excluding carboxylic acids is 2. The fourth-order valence-corrected chi connectivity index (χ4v) is 1.48. The predicted octanol–water partition coefficient (Wildman–Crippen LogP) is 0.941. The zero-order valence-corrected chi connectivity index (χ0v) is 11.6. The molecule has 0 radical (unpaired) electrons. The Morgan fingerprint density at radius 2 is 1.35 bits per heavy atom. The number of hydrogen-bond donors (Lipinski definition) is 2. The van der Waals surface area contributed by atoms with E-state index in [9.17, 15) is 14.0 Å². The van der Waals surface area contributed by atoms with Gasteiger partial charge in [-0.25, -0.2) is 4.39 Å². The van der Waals surface area contributed by atoms with E-state index in [1.165, 1.54) is 0 Å². The minimum Gasteiger partial charge on any atom is -0.349 e. The Hall–Kier alpha value is -2.15. The van der Waals surface area contributed by atoms with E-state index < -0.39 is 30.1 Å². The maximum absolute atomic E-state index is 13.7. The van der Waals surface area contributed by atoms with Crippen LogP contribution < -0.4 is 10.6 Å².